The van der Waals surface area contributed by atoms with Crippen molar-refractivity contribution in [1.29, 1.82) is 0 Å². The van der Waals surface area contributed by atoms with Crippen LogP contribution in [0, 0.1) is 6.92 Å². The zero-order valence-corrected chi connectivity index (χ0v) is 11.4. The van der Waals surface area contributed by atoms with Crippen molar-refractivity contribution in [1.82, 2.24) is 15.0 Å². The third kappa shape index (κ3) is 3.70. The van der Waals surface area contributed by atoms with E-state index in [4.69, 9.17) is 0 Å². The second kappa shape index (κ2) is 6.35. The third-order valence-corrected chi connectivity index (χ3v) is 3.25. The van der Waals surface area contributed by atoms with E-state index in [0.717, 1.165) is 28.8 Å². The zero-order chi connectivity index (χ0) is 12.8. The molecule has 2 aromatic rings. The minimum Gasteiger partial charge on any atom is -0.370 e. The van der Waals surface area contributed by atoms with E-state index >= 15 is 0 Å². The summed E-state index contributed by atoms with van der Waals surface area (Å²) in [5, 5.41) is 3.97. The van der Waals surface area contributed by atoms with Crippen LogP contribution >= 0.6 is 11.8 Å². The number of thioether (sulfide) groups is 1. The molecule has 0 aliphatic rings. The van der Waals surface area contributed by atoms with Crippen molar-refractivity contribution in [3.8, 4) is 0 Å². The van der Waals surface area contributed by atoms with Gasteiger partial charge in [-0.1, -0.05) is 17.8 Å². The molecule has 0 fully saturated rings. The highest BCUT2D eigenvalue weighted by Gasteiger charge is 2.00. The maximum Gasteiger partial charge on any atom is 0.187 e. The van der Waals surface area contributed by atoms with Gasteiger partial charge >= 0.3 is 0 Å². The number of aryl methyl sites for hydroxylation is 1. The molecular formula is C13H16N4S. The van der Waals surface area contributed by atoms with Crippen LogP contribution in [0.1, 0.15) is 18.1 Å². The molecule has 0 amide bonds. The van der Waals surface area contributed by atoms with Crippen LogP contribution in [0.3, 0.4) is 0 Å². The molecule has 2 heterocycles. The van der Waals surface area contributed by atoms with Gasteiger partial charge < -0.3 is 5.32 Å². The molecule has 0 aromatic carbocycles. The molecule has 94 valence electrons. The molecule has 2 aromatic heterocycles. The largest absolute Gasteiger partial charge is 0.370 e. The van der Waals surface area contributed by atoms with Crippen molar-refractivity contribution in [2.24, 2.45) is 0 Å². The first-order valence-electron chi connectivity index (χ1n) is 5.88. The summed E-state index contributed by atoms with van der Waals surface area (Å²) in [4.78, 5) is 12.8. The lowest BCUT2D eigenvalue weighted by Crippen LogP contribution is -1.98. The quantitative estimate of drug-likeness (QED) is 0.661. The fourth-order valence-electron chi connectivity index (χ4n) is 1.40. The standard InChI is InChI=1S/C13H16N4S/c1-3-14-12-5-4-11(8-15-12)9-18-13-16-6-10(2)7-17-13/h4-8H,3,9H2,1-2H3,(H,14,15). The number of anilines is 1. The summed E-state index contributed by atoms with van der Waals surface area (Å²) in [6.07, 6.45) is 5.56. The topological polar surface area (TPSA) is 50.7 Å². The van der Waals surface area contributed by atoms with Gasteiger partial charge in [-0.25, -0.2) is 15.0 Å². The van der Waals surface area contributed by atoms with E-state index in [1.165, 1.54) is 5.56 Å². The van der Waals surface area contributed by atoms with Crippen molar-refractivity contribution in [2.45, 2.75) is 24.8 Å². The monoisotopic (exact) mass is 260 g/mol. The number of rotatable bonds is 5. The molecule has 0 bridgehead atoms. The SMILES string of the molecule is CCNc1ccc(CSc2ncc(C)cn2)cn1. The molecule has 5 heteroatoms. The van der Waals surface area contributed by atoms with Gasteiger partial charge in [0.2, 0.25) is 0 Å². The highest BCUT2D eigenvalue weighted by atomic mass is 32.2. The Bertz CT molecular complexity index is 481. The lowest BCUT2D eigenvalue weighted by Gasteiger charge is -2.04. The van der Waals surface area contributed by atoms with Crippen LogP contribution in [0.2, 0.25) is 0 Å². The number of nitrogens with one attached hydrogen (secondary N) is 1. The lowest BCUT2D eigenvalue weighted by atomic mass is 10.3. The zero-order valence-electron chi connectivity index (χ0n) is 10.6. The van der Waals surface area contributed by atoms with Crippen LogP contribution in [0.5, 0.6) is 0 Å². The molecule has 18 heavy (non-hydrogen) atoms. The van der Waals surface area contributed by atoms with Gasteiger partial charge in [-0.15, -0.1) is 0 Å². The predicted octanol–water partition coefficient (Wildman–Crippen LogP) is 2.90. The van der Waals surface area contributed by atoms with E-state index in [0.29, 0.717) is 0 Å². The highest BCUT2D eigenvalue weighted by Crippen LogP contribution is 2.18. The minimum atomic E-state index is 0.802. The van der Waals surface area contributed by atoms with Gasteiger partial charge in [-0.05, 0) is 31.0 Å². The summed E-state index contributed by atoms with van der Waals surface area (Å²) in [7, 11) is 0. The normalized spacial score (nSPS) is 10.3. The van der Waals surface area contributed by atoms with Crippen molar-refractivity contribution in [3.05, 3.63) is 41.9 Å². The van der Waals surface area contributed by atoms with Crippen molar-refractivity contribution in [3.63, 3.8) is 0 Å². The van der Waals surface area contributed by atoms with E-state index in [9.17, 15) is 0 Å². The third-order valence-electron chi connectivity index (χ3n) is 2.31. The first kappa shape index (κ1) is 12.8. The number of pyridine rings is 1. The second-order valence-electron chi connectivity index (χ2n) is 3.91. The summed E-state index contributed by atoms with van der Waals surface area (Å²) >= 11 is 1.62. The first-order valence-corrected chi connectivity index (χ1v) is 6.86. The molecule has 0 spiro atoms. The smallest absolute Gasteiger partial charge is 0.187 e. The van der Waals surface area contributed by atoms with Gasteiger partial charge in [0.25, 0.3) is 0 Å². The molecule has 0 atom stereocenters. The van der Waals surface area contributed by atoms with Crippen molar-refractivity contribution < 1.29 is 0 Å². The number of hydrogen-bond donors (Lipinski definition) is 1. The van der Waals surface area contributed by atoms with Gasteiger partial charge in [0, 0.05) is 30.9 Å². The molecule has 1 N–H and O–H groups in total. The average molecular weight is 260 g/mol. The molecule has 2 rings (SSSR count). The van der Waals surface area contributed by atoms with Gasteiger partial charge in [0.15, 0.2) is 5.16 Å². The Hall–Kier alpha value is -1.62. The van der Waals surface area contributed by atoms with Crippen LogP contribution in [0.4, 0.5) is 5.82 Å². The molecule has 0 saturated carbocycles. The maximum atomic E-state index is 4.33. The van der Waals surface area contributed by atoms with Gasteiger partial charge in [0.05, 0.1) is 0 Å². The summed E-state index contributed by atoms with van der Waals surface area (Å²) in [6.45, 7) is 4.93. The van der Waals surface area contributed by atoms with E-state index in [2.05, 4.69) is 33.3 Å². The Labute approximate surface area is 111 Å². The molecule has 0 aliphatic heterocycles. The Balaban J connectivity index is 1.91. The fourth-order valence-corrected chi connectivity index (χ4v) is 2.12. The Kier molecular flexibility index (Phi) is 4.52. The number of aromatic nitrogens is 3. The van der Waals surface area contributed by atoms with Crippen LogP contribution < -0.4 is 5.32 Å². The van der Waals surface area contributed by atoms with E-state index in [1.54, 1.807) is 11.8 Å². The van der Waals surface area contributed by atoms with Gasteiger partial charge in [-0.3, -0.25) is 0 Å². The molecule has 0 saturated heterocycles. The van der Waals surface area contributed by atoms with Crippen molar-refractivity contribution in [2.75, 3.05) is 11.9 Å². The molecule has 4 nitrogen and oxygen atoms in total. The van der Waals surface area contributed by atoms with Gasteiger partial charge in [0.1, 0.15) is 5.82 Å². The van der Waals surface area contributed by atoms with E-state index in [-0.39, 0.29) is 0 Å². The summed E-state index contributed by atoms with van der Waals surface area (Å²) in [6, 6.07) is 4.07. The number of hydrogen-bond acceptors (Lipinski definition) is 5. The van der Waals surface area contributed by atoms with Gasteiger partial charge in [-0.2, -0.15) is 0 Å². The Morgan fingerprint density at radius 2 is 1.89 bits per heavy atom. The summed E-state index contributed by atoms with van der Waals surface area (Å²) in [5.74, 6) is 1.75. The molecule has 0 unspecified atom stereocenters. The summed E-state index contributed by atoms with van der Waals surface area (Å²) < 4.78 is 0. The lowest BCUT2D eigenvalue weighted by molar-refractivity contribution is 0.949. The molecule has 0 radical (unpaired) electrons. The number of nitrogens with zero attached hydrogens (tertiary/aromatic N) is 3. The molecule has 0 aliphatic carbocycles. The first-order chi connectivity index (χ1) is 8.78. The van der Waals surface area contributed by atoms with Crippen molar-refractivity contribution >= 4 is 17.6 Å². The fraction of sp³-hybridized carbons (Fsp3) is 0.308. The van der Waals surface area contributed by atoms with Crippen LogP contribution in [0.15, 0.2) is 35.9 Å². The van der Waals surface area contributed by atoms with E-state index < -0.39 is 0 Å². The second-order valence-corrected chi connectivity index (χ2v) is 4.86. The Morgan fingerprint density at radius 1 is 1.11 bits per heavy atom. The van der Waals surface area contributed by atoms with Crippen LogP contribution in [0.25, 0.3) is 0 Å². The van der Waals surface area contributed by atoms with E-state index in [1.807, 2.05) is 31.6 Å². The molecular weight excluding hydrogens is 244 g/mol. The Morgan fingerprint density at radius 3 is 2.50 bits per heavy atom. The highest BCUT2D eigenvalue weighted by molar-refractivity contribution is 7.98. The van der Waals surface area contributed by atoms with Crippen LogP contribution in [-0.2, 0) is 5.75 Å². The summed E-state index contributed by atoms with van der Waals surface area (Å²) in [5.41, 5.74) is 2.25. The predicted molar refractivity (Wildman–Crippen MR) is 74.7 cm³/mol. The minimum absolute atomic E-state index is 0.802. The average Bonchev–Trinajstić information content (AvgIpc) is 2.40. The maximum absolute atomic E-state index is 4.33. The van der Waals surface area contributed by atoms with Crippen LogP contribution in [-0.4, -0.2) is 21.5 Å².